The molecule has 144 valence electrons. The lowest BCUT2D eigenvalue weighted by molar-refractivity contribution is -0.120. The van der Waals surface area contributed by atoms with Crippen LogP contribution in [0.2, 0.25) is 5.02 Å². The van der Waals surface area contributed by atoms with E-state index in [2.05, 4.69) is 5.32 Å². The van der Waals surface area contributed by atoms with Crippen LogP contribution in [0, 0.1) is 0 Å². The van der Waals surface area contributed by atoms with E-state index < -0.39 is 17.8 Å². The number of imide groups is 1. The first-order valence-corrected chi connectivity index (χ1v) is 9.15. The van der Waals surface area contributed by atoms with E-state index in [0.717, 1.165) is 4.90 Å². The van der Waals surface area contributed by atoms with Crippen LogP contribution in [0.15, 0.2) is 59.3 Å². The first-order chi connectivity index (χ1) is 13.3. The lowest BCUT2D eigenvalue weighted by Gasteiger charge is -2.15. The minimum atomic E-state index is -0.631. The molecule has 1 aliphatic heterocycles. The summed E-state index contributed by atoms with van der Waals surface area (Å²) >= 11 is 11.9. The molecule has 0 saturated heterocycles. The molecule has 1 N–H and O–H groups in total. The number of amides is 2. The second kappa shape index (κ2) is 8.04. The molecule has 0 bridgehead atoms. The molecule has 0 radical (unpaired) electrons. The zero-order valence-electron chi connectivity index (χ0n) is 15.0. The molecule has 0 spiro atoms. The van der Waals surface area contributed by atoms with Crippen molar-refractivity contribution in [1.82, 2.24) is 0 Å². The van der Waals surface area contributed by atoms with Gasteiger partial charge in [-0.1, -0.05) is 23.2 Å². The normalized spacial score (nSPS) is 14.1. The summed E-state index contributed by atoms with van der Waals surface area (Å²) in [6.07, 6.45) is -0.227. The van der Waals surface area contributed by atoms with Crippen molar-refractivity contribution >= 4 is 52.4 Å². The summed E-state index contributed by atoms with van der Waals surface area (Å²) < 4.78 is 5.12. The summed E-state index contributed by atoms with van der Waals surface area (Å²) in [5, 5.41) is 3.11. The Morgan fingerprint density at radius 3 is 2.14 bits per heavy atom. The number of benzene rings is 2. The molecule has 0 atom stereocenters. The average molecular weight is 419 g/mol. The van der Waals surface area contributed by atoms with Crippen molar-refractivity contribution in [2.75, 3.05) is 10.2 Å². The molecule has 6 nitrogen and oxygen atoms in total. The lowest BCUT2D eigenvalue weighted by Crippen LogP contribution is -2.32. The number of carbonyl (C=O) groups excluding carboxylic acids is 3. The first-order valence-electron chi connectivity index (χ1n) is 8.40. The van der Waals surface area contributed by atoms with Gasteiger partial charge >= 0.3 is 5.97 Å². The van der Waals surface area contributed by atoms with E-state index in [1.165, 1.54) is 0 Å². The Balaban J connectivity index is 1.78. The van der Waals surface area contributed by atoms with Gasteiger partial charge in [-0.25, -0.2) is 9.69 Å². The number of nitrogens with one attached hydrogen (secondary N) is 1. The zero-order chi connectivity index (χ0) is 20.4. The van der Waals surface area contributed by atoms with Gasteiger partial charge in [-0.2, -0.15) is 0 Å². The van der Waals surface area contributed by atoms with Crippen LogP contribution in [0.4, 0.5) is 11.4 Å². The molecule has 3 rings (SSSR count). The Labute approximate surface area is 171 Å². The number of esters is 1. The van der Waals surface area contributed by atoms with Crippen LogP contribution in [0.25, 0.3) is 0 Å². The second-order valence-electron chi connectivity index (χ2n) is 6.27. The summed E-state index contributed by atoms with van der Waals surface area (Å²) in [7, 11) is 0. The average Bonchev–Trinajstić information content (AvgIpc) is 2.86. The number of rotatable bonds is 5. The van der Waals surface area contributed by atoms with Gasteiger partial charge in [-0.3, -0.25) is 9.59 Å². The van der Waals surface area contributed by atoms with E-state index in [1.54, 1.807) is 62.4 Å². The van der Waals surface area contributed by atoms with Crippen molar-refractivity contribution in [3.63, 3.8) is 0 Å². The first kappa shape index (κ1) is 19.9. The maximum Gasteiger partial charge on any atom is 0.338 e. The van der Waals surface area contributed by atoms with Gasteiger partial charge in [0.2, 0.25) is 0 Å². The maximum atomic E-state index is 12.7. The maximum absolute atomic E-state index is 12.7. The fourth-order valence-corrected chi connectivity index (χ4v) is 2.89. The second-order valence-corrected chi connectivity index (χ2v) is 7.08. The minimum Gasteiger partial charge on any atom is -0.459 e. The predicted octanol–water partition coefficient (Wildman–Crippen LogP) is 4.34. The van der Waals surface area contributed by atoms with Gasteiger partial charge in [-0.15, -0.1) is 0 Å². The summed E-state index contributed by atoms with van der Waals surface area (Å²) in [6.45, 7) is 3.52. The molecule has 2 amide bonds. The number of halogens is 2. The SMILES string of the molecule is CC(C)OC(=O)c1ccc(NC2=C(Cl)C(=O)N(c3ccc(Cl)cc3)C2=O)cc1. The highest BCUT2D eigenvalue weighted by molar-refractivity contribution is 6.53. The van der Waals surface area contributed by atoms with Crippen molar-refractivity contribution in [2.45, 2.75) is 20.0 Å². The highest BCUT2D eigenvalue weighted by Gasteiger charge is 2.38. The third kappa shape index (κ3) is 4.03. The van der Waals surface area contributed by atoms with Gasteiger partial charge in [0.25, 0.3) is 11.8 Å². The standard InChI is InChI=1S/C20H16Cl2N2O4/c1-11(2)28-20(27)12-3-7-14(8-4-12)23-17-16(22)18(25)24(19(17)26)15-9-5-13(21)6-10-15/h3-11,23H,1-2H3. The van der Waals surface area contributed by atoms with Crippen molar-refractivity contribution < 1.29 is 19.1 Å². The largest absolute Gasteiger partial charge is 0.459 e. The van der Waals surface area contributed by atoms with Crippen molar-refractivity contribution in [3.8, 4) is 0 Å². The predicted molar refractivity (Wildman–Crippen MR) is 107 cm³/mol. The lowest BCUT2D eigenvalue weighted by atomic mass is 10.2. The molecule has 0 fully saturated rings. The molecule has 28 heavy (non-hydrogen) atoms. The number of ether oxygens (including phenoxy) is 1. The Morgan fingerprint density at radius 1 is 0.964 bits per heavy atom. The van der Waals surface area contributed by atoms with Gasteiger partial charge in [0, 0.05) is 10.7 Å². The molecule has 8 heteroatoms. The molecule has 2 aromatic rings. The van der Waals surface area contributed by atoms with Crippen molar-refractivity contribution in [3.05, 3.63) is 69.8 Å². The molecule has 1 heterocycles. The van der Waals surface area contributed by atoms with Crippen LogP contribution < -0.4 is 10.2 Å². The van der Waals surface area contributed by atoms with Gasteiger partial charge < -0.3 is 10.1 Å². The number of carbonyl (C=O) groups is 3. The molecule has 0 aromatic heterocycles. The number of anilines is 2. The summed E-state index contributed by atoms with van der Waals surface area (Å²) in [4.78, 5) is 38.0. The Kier molecular flexibility index (Phi) is 5.72. The molecule has 1 aliphatic rings. The quantitative estimate of drug-likeness (QED) is 0.577. The van der Waals surface area contributed by atoms with E-state index in [-0.39, 0.29) is 16.8 Å². The molecule has 2 aromatic carbocycles. The van der Waals surface area contributed by atoms with E-state index >= 15 is 0 Å². The van der Waals surface area contributed by atoms with E-state index in [1.807, 2.05) is 0 Å². The van der Waals surface area contributed by atoms with Gasteiger partial charge in [0.1, 0.15) is 10.7 Å². The smallest absolute Gasteiger partial charge is 0.338 e. The van der Waals surface area contributed by atoms with E-state index in [9.17, 15) is 14.4 Å². The van der Waals surface area contributed by atoms with Crippen LogP contribution in [0.1, 0.15) is 24.2 Å². The van der Waals surface area contributed by atoms with E-state index in [4.69, 9.17) is 27.9 Å². The van der Waals surface area contributed by atoms with Crippen molar-refractivity contribution in [2.24, 2.45) is 0 Å². The fraction of sp³-hybridized carbons (Fsp3) is 0.150. The summed E-state index contributed by atoms with van der Waals surface area (Å²) in [5.41, 5.74) is 1.18. The highest BCUT2D eigenvalue weighted by atomic mass is 35.5. The molecule has 0 unspecified atom stereocenters. The third-order valence-electron chi connectivity index (χ3n) is 3.84. The summed E-state index contributed by atoms with van der Waals surface area (Å²) in [5.74, 6) is -1.66. The van der Waals surface area contributed by atoms with Gasteiger partial charge in [0.05, 0.1) is 17.4 Å². The molecule has 0 aliphatic carbocycles. The van der Waals surface area contributed by atoms with Gasteiger partial charge in [0.15, 0.2) is 0 Å². The minimum absolute atomic E-state index is 0.0425. The van der Waals surface area contributed by atoms with Crippen molar-refractivity contribution in [1.29, 1.82) is 0 Å². The Morgan fingerprint density at radius 2 is 1.57 bits per heavy atom. The Bertz CT molecular complexity index is 967. The molecule has 0 saturated carbocycles. The highest BCUT2D eigenvalue weighted by Crippen LogP contribution is 2.30. The summed E-state index contributed by atoms with van der Waals surface area (Å²) in [6, 6.07) is 12.6. The van der Waals surface area contributed by atoms with Crippen LogP contribution in [0.5, 0.6) is 0 Å². The molecular formula is C20H16Cl2N2O4. The fourth-order valence-electron chi connectivity index (χ4n) is 2.55. The number of hydrogen-bond acceptors (Lipinski definition) is 5. The monoisotopic (exact) mass is 418 g/mol. The Hall–Kier alpha value is -2.83. The van der Waals surface area contributed by atoms with Crippen LogP contribution in [0.3, 0.4) is 0 Å². The van der Waals surface area contributed by atoms with Crippen LogP contribution >= 0.6 is 23.2 Å². The van der Waals surface area contributed by atoms with Gasteiger partial charge in [-0.05, 0) is 62.4 Å². The zero-order valence-corrected chi connectivity index (χ0v) is 16.5. The van der Waals surface area contributed by atoms with Crippen LogP contribution in [-0.4, -0.2) is 23.9 Å². The third-order valence-corrected chi connectivity index (χ3v) is 4.45. The number of nitrogens with zero attached hydrogens (tertiary/aromatic N) is 1. The van der Waals surface area contributed by atoms with E-state index in [0.29, 0.717) is 22.0 Å². The van der Waals surface area contributed by atoms with Crippen LogP contribution in [-0.2, 0) is 14.3 Å². The molecular weight excluding hydrogens is 403 g/mol. The number of hydrogen-bond donors (Lipinski definition) is 1. The topological polar surface area (TPSA) is 75.7 Å².